The maximum atomic E-state index is 6.17. The van der Waals surface area contributed by atoms with Gasteiger partial charge in [0.05, 0.1) is 5.52 Å². The average molecular weight is 319 g/mol. The summed E-state index contributed by atoms with van der Waals surface area (Å²) in [6, 6.07) is 5.84. The van der Waals surface area contributed by atoms with E-state index in [1.54, 1.807) is 7.05 Å². The number of nitrogens with two attached hydrogens (primary N) is 1. The molecule has 22 heavy (non-hydrogen) atoms. The number of rotatable bonds is 3. The van der Waals surface area contributed by atoms with Crippen LogP contribution in [-0.2, 0) is 6.54 Å². The number of hydrogen-bond acceptors (Lipinski definition) is 2. The summed E-state index contributed by atoms with van der Waals surface area (Å²) in [5.41, 5.74) is 7.82. The number of nitrogens with zero attached hydrogens (tertiary/aromatic N) is 3. The minimum atomic E-state index is 0.475. The van der Waals surface area contributed by atoms with Crippen molar-refractivity contribution < 1.29 is 0 Å². The topological polar surface area (TPSA) is 56.2 Å². The van der Waals surface area contributed by atoms with Crippen molar-refractivity contribution in [2.24, 2.45) is 22.6 Å². The van der Waals surface area contributed by atoms with E-state index in [1.165, 1.54) is 25.7 Å². The molecule has 1 heterocycles. The predicted octanol–water partition coefficient (Wildman–Crippen LogP) is 3.85. The zero-order chi connectivity index (χ0) is 15.7. The lowest BCUT2D eigenvalue weighted by molar-refractivity contribution is 0.260. The normalized spacial score (nSPS) is 23.1. The molecule has 5 heteroatoms. The molecule has 118 valence electrons. The van der Waals surface area contributed by atoms with Gasteiger partial charge in [-0.2, -0.15) is 5.10 Å². The van der Waals surface area contributed by atoms with Crippen molar-refractivity contribution >= 4 is 28.3 Å². The van der Waals surface area contributed by atoms with Crippen LogP contribution in [0.3, 0.4) is 0 Å². The average Bonchev–Trinajstić information content (AvgIpc) is 2.87. The first-order valence-electron chi connectivity index (χ1n) is 7.97. The summed E-state index contributed by atoms with van der Waals surface area (Å²) in [6.45, 7) is 3.27. The van der Waals surface area contributed by atoms with Crippen LogP contribution < -0.4 is 5.73 Å². The number of aliphatic imine (C=N–C) groups is 1. The zero-order valence-corrected chi connectivity index (χ0v) is 14.0. The minimum absolute atomic E-state index is 0.475. The van der Waals surface area contributed by atoms with E-state index >= 15 is 0 Å². The van der Waals surface area contributed by atoms with Gasteiger partial charge in [-0.15, -0.1) is 0 Å². The van der Waals surface area contributed by atoms with Crippen molar-refractivity contribution in [2.45, 2.75) is 39.2 Å². The van der Waals surface area contributed by atoms with E-state index < -0.39 is 0 Å². The van der Waals surface area contributed by atoms with Crippen LogP contribution in [0.4, 0.5) is 0 Å². The van der Waals surface area contributed by atoms with Crippen LogP contribution >= 0.6 is 11.6 Å². The summed E-state index contributed by atoms with van der Waals surface area (Å²) >= 11 is 6.17. The Bertz CT molecular complexity index is 696. The molecule has 0 amide bonds. The molecule has 1 saturated carbocycles. The molecule has 1 fully saturated rings. The first-order chi connectivity index (χ1) is 10.6. The molecular weight excluding hydrogens is 296 g/mol. The third-order valence-corrected chi connectivity index (χ3v) is 5.00. The Kier molecular flexibility index (Phi) is 4.39. The lowest BCUT2D eigenvalue weighted by Crippen LogP contribution is -2.19. The van der Waals surface area contributed by atoms with Gasteiger partial charge in [0.25, 0.3) is 0 Å². The fraction of sp³-hybridized carbons (Fsp3) is 0.529. The number of hydrogen-bond donors (Lipinski definition) is 1. The summed E-state index contributed by atoms with van der Waals surface area (Å²) < 4.78 is 2.06. The fourth-order valence-corrected chi connectivity index (χ4v) is 3.50. The van der Waals surface area contributed by atoms with Crippen molar-refractivity contribution in [3.05, 3.63) is 28.9 Å². The van der Waals surface area contributed by atoms with Gasteiger partial charge in [0.1, 0.15) is 11.5 Å². The van der Waals surface area contributed by atoms with Crippen molar-refractivity contribution in [1.29, 1.82) is 0 Å². The van der Waals surface area contributed by atoms with E-state index in [1.807, 2.05) is 18.2 Å². The summed E-state index contributed by atoms with van der Waals surface area (Å²) in [5.74, 6) is 2.02. The van der Waals surface area contributed by atoms with Crippen molar-refractivity contribution in [3.8, 4) is 0 Å². The smallest absolute Gasteiger partial charge is 0.146 e. The maximum absolute atomic E-state index is 6.17. The molecule has 0 spiro atoms. The van der Waals surface area contributed by atoms with E-state index in [4.69, 9.17) is 22.4 Å². The molecule has 1 aliphatic carbocycles. The number of amidine groups is 1. The second-order valence-corrected chi connectivity index (χ2v) is 6.86. The molecule has 3 rings (SSSR count). The van der Waals surface area contributed by atoms with Gasteiger partial charge in [0, 0.05) is 24.0 Å². The Hall–Kier alpha value is -1.55. The van der Waals surface area contributed by atoms with Crippen LogP contribution in [-0.4, -0.2) is 22.7 Å². The summed E-state index contributed by atoms with van der Waals surface area (Å²) in [5, 5.41) is 6.47. The Balaban J connectivity index is 1.96. The number of aromatic nitrogens is 2. The van der Waals surface area contributed by atoms with Gasteiger partial charge in [-0.3, -0.25) is 9.67 Å². The van der Waals surface area contributed by atoms with E-state index in [0.717, 1.165) is 34.1 Å². The second-order valence-electron chi connectivity index (χ2n) is 6.43. The van der Waals surface area contributed by atoms with Crippen LogP contribution in [0.25, 0.3) is 10.9 Å². The van der Waals surface area contributed by atoms with Gasteiger partial charge >= 0.3 is 0 Å². The van der Waals surface area contributed by atoms with Gasteiger partial charge in [-0.25, -0.2) is 0 Å². The Morgan fingerprint density at radius 2 is 2.09 bits per heavy atom. The second kappa shape index (κ2) is 6.29. The lowest BCUT2D eigenvalue weighted by Gasteiger charge is -2.26. The zero-order valence-electron chi connectivity index (χ0n) is 13.2. The lowest BCUT2D eigenvalue weighted by atomic mass is 9.83. The molecule has 1 aromatic carbocycles. The van der Waals surface area contributed by atoms with Gasteiger partial charge in [-0.05, 0) is 42.9 Å². The molecule has 4 nitrogen and oxygen atoms in total. The Morgan fingerprint density at radius 3 is 2.77 bits per heavy atom. The van der Waals surface area contributed by atoms with Crippen molar-refractivity contribution in [3.63, 3.8) is 0 Å². The summed E-state index contributed by atoms with van der Waals surface area (Å²) in [7, 11) is 1.69. The quantitative estimate of drug-likeness (QED) is 0.690. The largest absolute Gasteiger partial charge is 0.382 e. The highest BCUT2D eigenvalue weighted by atomic mass is 35.5. The highest BCUT2D eigenvalue weighted by molar-refractivity contribution is 6.31. The van der Waals surface area contributed by atoms with E-state index in [-0.39, 0.29) is 0 Å². The standard InChI is InChI=1S/C17H23ClN4/c1-11-3-5-12(6-4-11)10-22-15-9-13(18)7-8-14(15)16(21-22)17(19)20-2/h7-9,11-12H,3-6,10H2,1-2H3,(H2,19,20). The first-order valence-corrected chi connectivity index (χ1v) is 8.35. The molecule has 0 atom stereocenters. The number of halogens is 1. The summed E-state index contributed by atoms with van der Waals surface area (Å²) in [4.78, 5) is 4.09. The van der Waals surface area contributed by atoms with Gasteiger partial charge < -0.3 is 5.73 Å². The van der Waals surface area contributed by atoms with E-state index in [2.05, 4.69) is 16.6 Å². The summed E-state index contributed by atoms with van der Waals surface area (Å²) in [6.07, 6.45) is 5.18. The Labute approximate surface area is 136 Å². The van der Waals surface area contributed by atoms with E-state index in [0.29, 0.717) is 11.8 Å². The van der Waals surface area contributed by atoms with Crippen molar-refractivity contribution in [1.82, 2.24) is 9.78 Å². The van der Waals surface area contributed by atoms with Crippen LogP contribution in [0, 0.1) is 11.8 Å². The van der Waals surface area contributed by atoms with Gasteiger partial charge in [0.2, 0.25) is 0 Å². The Morgan fingerprint density at radius 1 is 1.36 bits per heavy atom. The van der Waals surface area contributed by atoms with Gasteiger partial charge in [0.15, 0.2) is 0 Å². The highest BCUT2D eigenvalue weighted by Gasteiger charge is 2.21. The first kappa shape index (κ1) is 15.3. The minimum Gasteiger partial charge on any atom is -0.382 e. The molecular formula is C17H23ClN4. The molecule has 0 radical (unpaired) electrons. The monoisotopic (exact) mass is 318 g/mol. The van der Waals surface area contributed by atoms with Crippen LogP contribution in [0.5, 0.6) is 0 Å². The number of fused-ring (bicyclic) bond motifs is 1. The third-order valence-electron chi connectivity index (χ3n) is 4.76. The molecule has 0 bridgehead atoms. The fourth-order valence-electron chi connectivity index (χ4n) is 3.34. The molecule has 1 aliphatic rings. The molecule has 2 N–H and O–H groups in total. The maximum Gasteiger partial charge on any atom is 0.146 e. The SMILES string of the molecule is CN=C(N)c1nn(CC2CCC(C)CC2)c2cc(Cl)ccc12. The third kappa shape index (κ3) is 2.98. The van der Waals surface area contributed by atoms with E-state index in [9.17, 15) is 0 Å². The predicted molar refractivity (Wildman–Crippen MR) is 92.5 cm³/mol. The molecule has 2 aromatic rings. The van der Waals surface area contributed by atoms with Crippen LogP contribution in [0.15, 0.2) is 23.2 Å². The van der Waals surface area contributed by atoms with Crippen LogP contribution in [0.1, 0.15) is 38.3 Å². The van der Waals surface area contributed by atoms with Crippen molar-refractivity contribution in [2.75, 3.05) is 7.05 Å². The molecule has 1 aromatic heterocycles. The number of benzene rings is 1. The molecule has 0 unspecified atom stereocenters. The molecule has 0 aliphatic heterocycles. The molecule has 0 saturated heterocycles. The highest BCUT2D eigenvalue weighted by Crippen LogP contribution is 2.31. The van der Waals surface area contributed by atoms with Gasteiger partial charge in [-0.1, -0.05) is 31.4 Å². The van der Waals surface area contributed by atoms with Crippen LogP contribution in [0.2, 0.25) is 5.02 Å².